The molecule has 0 aliphatic carbocycles. The smallest absolute Gasteiger partial charge is 0.0945 e. The van der Waals surface area contributed by atoms with Crippen molar-refractivity contribution < 1.29 is 0 Å². The Morgan fingerprint density at radius 3 is 2.88 bits per heavy atom. The van der Waals surface area contributed by atoms with Gasteiger partial charge in [0.1, 0.15) is 0 Å². The summed E-state index contributed by atoms with van der Waals surface area (Å²) in [5.41, 5.74) is 7.28. The standard InChI is InChI=1S/C11H20N4.ClH/c1-9-6-15(4-3-11(9)12)7-10-5-13-8-14(10)2;/h5,8-9,11H,3-4,6-7,12H2,1-2H3;1H. The molecule has 1 fully saturated rings. The molecule has 2 N–H and O–H groups in total. The van der Waals surface area contributed by atoms with E-state index < -0.39 is 0 Å². The lowest BCUT2D eigenvalue weighted by Crippen LogP contribution is -2.45. The van der Waals surface area contributed by atoms with Crippen LogP contribution in [-0.4, -0.2) is 33.6 Å². The lowest BCUT2D eigenvalue weighted by Gasteiger charge is -2.34. The minimum absolute atomic E-state index is 0. The van der Waals surface area contributed by atoms with Crippen molar-refractivity contribution in [2.45, 2.75) is 25.9 Å². The van der Waals surface area contributed by atoms with E-state index in [1.165, 1.54) is 5.69 Å². The van der Waals surface area contributed by atoms with Gasteiger partial charge in [0.05, 0.1) is 12.0 Å². The molecule has 2 rings (SSSR count). The van der Waals surface area contributed by atoms with E-state index >= 15 is 0 Å². The largest absolute Gasteiger partial charge is 0.337 e. The quantitative estimate of drug-likeness (QED) is 0.845. The number of rotatable bonds is 2. The van der Waals surface area contributed by atoms with Gasteiger partial charge in [0, 0.05) is 38.9 Å². The summed E-state index contributed by atoms with van der Waals surface area (Å²) in [4.78, 5) is 6.60. The van der Waals surface area contributed by atoms with E-state index in [0.717, 1.165) is 26.1 Å². The van der Waals surface area contributed by atoms with E-state index in [1.54, 1.807) is 0 Å². The Labute approximate surface area is 103 Å². The minimum Gasteiger partial charge on any atom is -0.337 e. The van der Waals surface area contributed by atoms with Gasteiger partial charge in [-0.25, -0.2) is 4.98 Å². The molecule has 1 saturated heterocycles. The third kappa shape index (κ3) is 2.97. The third-order valence-corrected chi connectivity index (χ3v) is 3.36. The Bertz CT molecular complexity index is 326. The van der Waals surface area contributed by atoms with E-state index in [0.29, 0.717) is 12.0 Å². The molecule has 1 aliphatic heterocycles. The number of hydrogen-bond donors (Lipinski definition) is 1. The highest BCUT2D eigenvalue weighted by atomic mass is 35.5. The zero-order chi connectivity index (χ0) is 10.8. The Hall–Kier alpha value is -0.580. The molecule has 0 radical (unpaired) electrons. The Morgan fingerprint density at radius 2 is 2.31 bits per heavy atom. The molecule has 4 nitrogen and oxygen atoms in total. The molecular formula is C11H21ClN4. The fourth-order valence-corrected chi connectivity index (χ4v) is 2.16. The molecule has 0 aromatic carbocycles. The molecule has 2 atom stereocenters. The molecule has 5 heteroatoms. The summed E-state index contributed by atoms with van der Waals surface area (Å²) in [5, 5.41) is 0. The van der Waals surface area contributed by atoms with E-state index in [9.17, 15) is 0 Å². The maximum atomic E-state index is 6.00. The molecule has 1 aromatic heterocycles. The van der Waals surface area contributed by atoms with E-state index in [-0.39, 0.29) is 12.4 Å². The SMILES string of the molecule is CC1CN(Cc2cncn2C)CCC1N.Cl. The predicted octanol–water partition coefficient (Wildman–Crippen LogP) is 1.01. The van der Waals surface area contributed by atoms with Gasteiger partial charge in [0.15, 0.2) is 0 Å². The summed E-state index contributed by atoms with van der Waals surface area (Å²) in [5.74, 6) is 0.604. The fraction of sp³-hybridized carbons (Fsp3) is 0.727. The van der Waals surface area contributed by atoms with Gasteiger partial charge in [-0.15, -0.1) is 12.4 Å². The molecule has 1 aromatic rings. The van der Waals surface area contributed by atoms with Crippen LogP contribution in [0, 0.1) is 5.92 Å². The third-order valence-electron chi connectivity index (χ3n) is 3.36. The van der Waals surface area contributed by atoms with Crippen LogP contribution >= 0.6 is 12.4 Å². The lowest BCUT2D eigenvalue weighted by atomic mass is 9.95. The van der Waals surface area contributed by atoms with E-state index in [4.69, 9.17) is 5.73 Å². The zero-order valence-corrected chi connectivity index (χ0v) is 10.8. The first-order valence-corrected chi connectivity index (χ1v) is 5.60. The molecule has 92 valence electrons. The first kappa shape index (κ1) is 13.5. The van der Waals surface area contributed by atoms with Gasteiger partial charge in [-0.2, -0.15) is 0 Å². The van der Waals surface area contributed by atoms with Crippen molar-refractivity contribution in [3.05, 3.63) is 18.2 Å². The molecule has 0 amide bonds. The maximum absolute atomic E-state index is 6.00. The highest BCUT2D eigenvalue weighted by Gasteiger charge is 2.23. The lowest BCUT2D eigenvalue weighted by molar-refractivity contribution is 0.155. The van der Waals surface area contributed by atoms with Crippen LogP contribution in [0.4, 0.5) is 0 Å². The van der Waals surface area contributed by atoms with Gasteiger partial charge >= 0.3 is 0 Å². The van der Waals surface area contributed by atoms with E-state index in [1.807, 2.05) is 19.6 Å². The Morgan fingerprint density at radius 1 is 1.56 bits per heavy atom. The summed E-state index contributed by atoms with van der Waals surface area (Å²) in [6, 6.07) is 0.382. The van der Waals surface area contributed by atoms with Crippen LogP contribution in [0.15, 0.2) is 12.5 Å². The summed E-state index contributed by atoms with van der Waals surface area (Å²) in [7, 11) is 2.04. The number of aryl methyl sites for hydroxylation is 1. The fourth-order valence-electron chi connectivity index (χ4n) is 2.16. The van der Waals surface area contributed by atoms with Crippen molar-refractivity contribution in [3.8, 4) is 0 Å². The molecule has 2 unspecified atom stereocenters. The number of piperidine rings is 1. The first-order valence-electron chi connectivity index (χ1n) is 5.60. The monoisotopic (exact) mass is 244 g/mol. The molecule has 16 heavy (non-hydrogen) atoms. The number of nitrogens with zero attached hydrogens (tertiary/aromatic N) is 3. The topological polar surface area (TPSA) is 47.1 Å². The van der Waals surface area contributed by atoms with Crippen molar-refractivity contribution in [2.24, 2.45) is 18.7 Å². The second-order valence-corrected chi connectivity index (χ2v) is 4.66. The average molecular weight is 245 g/mol. The van der Waals surface area contributed by atoms with Gasteiger partial charge in [0.2, 0.25) is 0 Å². The second kappa shape index (κ2) is 5.66. The average Bonchev–Trinajstić information content (AvgIpc) is 2.59. The maximum Gasteiger partial charge on any atom is 0.0945 e. The zero-order valence-electron chi connectivity index (χ0n) is 9.97. The van der Waals surface area contributed by atoms with Crippen LogP contribution in [0.5, 0.6) is 0 Å². The molecular weight excluding hydrogens is 224 g/mol. The number of aromatic nitrogens is 2. The minimum atomic E-state index is 0. The summed E-state index contributed by atoms with van der Waals surface area (Å²) in [6.07, 6.45) is 4.91. The highest BCUT2D eigenvalue weighted by molar-refractivity contribution is 5.85. The van der Waals surface area contributed by atoms with Crippen molar-refractivity contribution in [1.29, 1.82) is 0 Å². The predicted molar refractivity (Wildman–Crippen MR) is 67.5 cm³/mol. The van der Waals surface area contributed by atoms with Gasteiger partial charge in [-0.1, -0.05) is 6.92 Å². The van der Waals surface area contributed by atoms with Crippen molar-refractivity contribution in [2.75, 3.05) is 13.1 Å². The van der Waals surface area contributed by atoms with Gasteiger partial charge in [0.25, 0.3) is 0 Å². The molecule has 2 heterocycles. The van der Waals surface area contributed by atoms with Crippen LogP contribution in [-0.2, 0) is 13.6 Å². The molecule has 0 bridgehead atoms. The van der Waals surface area contributed by atoms with Gasteiger partial charge < -0.3 is 10.3 Å². The number of halogens is 1. The molecule has 0 saturated carbocycles. The van der Waals surface area contributed by atoms with E-state index in [2.05, 4.69) is 21.4 Å². The molecule has 0 spiro atoms. The normalized spacial score (nSPS) is 26.4. The van der Waals surface area contributed by atoms with Gasteiger partial charge in [-0.3, -0.25) is 4.90 Å². The van der Waals surface area contributed by atoms with Crippen LogP contribution < -0.4 is 5.73 Å². The van der Waals surface area contributed by atoms with Crippen LogP contribution in [0.3, 0.4) is 0 Å². The summed E-state index contributed by atoms with van der Waals surface area (Å²) < 4.78 is 2.08. The first-order chi connectivity index (χ1) is 7.16. The molecule has 1 aliphatic rings. The van der Waals surface area contributed by atoms with Crippen molar-refractivity contribution in [3.63, 3.8) is 0 Å². The van der Waals surface area contributed by atoms with Crippen LogP contribution in [0.25, 0.3) is 0 Å². The van der Waals surface area contributed by atoms with Crippen LogP contribution in [0.1, 0.15) is 19.0 Å². The Kier molecular flexibility index (Phi) is 4.77. The van der Waals surface area contributed by atoms with Crippen molar-refractivity contribution >= 4 is 12.4 Å². The second-order valence-electron chi connectivity index (χ2n) is 4.66. The number of likely N-dealkylation sites (tertiary alicyclic amines) is 1. The number of nitrogens with two attached hydrogens (primary N) is 1. The Balaban J connectivity index is 0.00000128. The van der Waals surface area contributed by atoms with Crippen molar-refractivity contribution in [1.82, 2.24) is 14.5 Å². The number of imidazole rings is 1. The highest BCUT2D eigenvalue weighted by Crippen LogP contribution is 2.16. The van der Waals surface area contributed by atoms with Gasteiger partial charge in [-0.05, 0) is 12.3 Å². The number of hydrogen-bond acceptors (Lipinski definition) is 3. The van der Waals surface area contributed by atoms with Crippen LogP contribution in [0.2, 0.25) is 0 Å². The summed E-state index contributed by atoms with van der Waals surface area (Å²) in [6.45, 7) is 5.44. The summed E-state index contributed by atoms with van der Waals surface area (Å²) >= 11 is 0.